The molecule has 0 saturated carbocycles. The molecule has 0 N–H and O–H groups in total. The van der Waals surface area contributed by atoms with Crippen molar-refractivity contribution in [1.82, 2.24) is 0 Å². The van der Waals surface area contributed by atoms with Gasteiger partial charge in [0, 0.05) is 16.9 Å². The van der Waals surface area contributed by atoms with E-state index in [1.807, 2.05) is 0 Å². The maximum atomic E-state index is 2.51. The second-order valence-electron chi connectivity index (χ2n) is 18.3. The van der Waals surface area contributed by atoms with Gasteiger partial charge in [0.15, 0.2) is 0 Å². The van der Waals surface area contributed by atoms with Crippen molar-refractivity contribution in [3.8, 4) is 44.5 Å². The number of anilines is 3. The molecule has 0 radical (unpaired) electrons. The Labute approximate surface area is 404 Å². The Balaban J connectivity index is 1.05. The molecule has 0 saturated heterocycles. The molecule has 69 heavy (non-hydrogen) atoms. The van der Waals surface area contributed by atoms with Crippen LogP contribution in [-0.4, -0.2) is 0 Å². The molecule has 11 aromatic rings. The van der Waals surface area contributed by atoms with Crippen LogP contribution in [0.1, 0.15) is 44.5 Å². The molecule has 0 amide bonds. The second-order valence-corrected chi connectivity index (χ2v) is 18.3. The van der Waals surface area contributed by atoms with Crippen LogP contribution >= 0.6 is 0 Å². The summed E-state index contributed by atoms with van der Waals surface area (Å²) in [7, 11) is 0. The highest BCUT2D eigenvalue weighted by atomic mass is 15.1. The Hall–Kier alpha value is -8.78. The van der Waals surface area contributed by atoms with Gasteiger partial charge in [-0.15, -0.1) is 0 Å². The Morgan fingerprint density at radius 1 is 0.217 bits per heavy atom. The van der Waals surface area contributed by atoms with Crippen LogP contribution in [0.2, 0.25) is 0 Å². The fourth-order valence-electron chi connectivity index (χ4n) is 12.0. The van der Waals surface area contributed by atoms with Gasteiger partial charge in [-0.25, -0.2) is 0 Å². The van der Waals surface area contributed by atoms with Gasteiger partial charge < -0.3 is 4.90 Å². The maximum absolute atomic E-state index is 2.51. The predicted octanol–water partition coefficient (Wildman–Crippen LogP) is 17.2. The van der Waals surface area contributed by atoms with Crippen LogP contribution in [0, 0.1) is 0 Å². The summed E-state index contributed by atoms with van der Waals surface area (Å²) in [6.07, 6.45) is 0. The molecule has 0 unspecified atom stereocenters. The molecular formula is C68H47N. The minimum absolute atomic E-state index is 0.569. The molecule has 0 fully saturated rings. The van der Waals surface area contributed by atoms with Gasteiger partial charge in [-0.05, 0) is 114 Å². The molecule has 0 atom stereocenters. The quantitative estimate of drug-likeness (QED) is 0.147. The Kier molecular flexibility index (Phi) is 9.70. The lowest BCUT2D eigenvalue weighted by atomic mass is 9.51. The number of fused-ring (bicyclic) bond motifs is 9. The van der Waals surface area contributed by atoms with E-state index in [2.05, 4.69) is 290 Å². The number of hydrogen-bond donors (Lipinski definition) is 0. The van der Waals surface area contributed by atoms with Crippen molar-refractivity contribution in [3.63, 3.8) is 0 Å². The van der Waals surface area contributed by atoms with Crippen LogP contribution in [0.4, 0.5) is 17.1 Å². The Morgan fingerprint density at radius 2 is 0.580 bits per heavy atom. The Bertz CT molecular complexity index is 3540. The summed E-state index contributed by atoms with van der Waals surface area (Å²) in [5.41, 5.74) is 22.1. The molecule has 1 nitrogen and oxygen atoms in total. The highest BCUT2D eigenvalue weighted by Gasteiger charge is 2.56. The number of benzene rings is 11. The van der Waals surface area contributed by atoms with Crippen LogP contribution < -0.4 is 4.90 Å². The lowest BCUT2D eigenvalue weighted by Gasteiger charge is -2.50. The van der Waals surface area contributed by atoms with Crippen LogP contribution in [0.25, 0.3) is 44.5 Å². The highest BCUT2D eigenvalue weighted by molar-refractivity contribution is 5.94. The second kappa shape index (κ2) is 16.5. The highest BCUT2D eigenvalue weighted by Crippen LogP contribution is 2.65. The van der Waals surface area contributed by atoms with Crippen molar-refractivity contribution in [3.05, 3.63) is 330 Å². The van der Waals surface area contributed by atoms with Crippen molar-refractivity contribution in [2.45, 2.75) is 10.8 Å². The van der Waals surface area contributed by atoms with Gasteiger partial charge in [0.25, 0.3) is 0 Å². The first-order valence-electron chi connectivity index (χ1n) is 24.0. The van der Waals surface area contributed by atoms with Gasteiger partial charge in [-0.3, -0.25) is 0 Å². The van der Waals surface area contributed by atoms with E-state index in [0.717, 1.165) is 17.1 Å². The van der Waals surface area contributed by atoms with Gasteiger partial charge >= 0.3 is 0 Å². The largest absolute Gasteiger partial charge is 0.310 e. The SMILES string of the molecule is c1ccc(-c2ccc(-c3ccc(N(c4ccc5c(c4)C4(c6ccccc6-5)c5ccccc5C(c5ccccc5)(c5ccccc5)c5ccccc54)c4ccccc4-c4ccccc4)cc3)cc2)cc1. The molecule has 2 aliphatic rings. The van der Waals surface area contributed by atoms with E-state index in [9.17, 15) is 0 Å². The summed E-state index contributed by atoms with van der Waals surface area (Å²) in [4.78, 5) is 2.47. The number of rotatable bonds is 8. The van der Waals surface area contributed by atoms with Gasteiger partial charge in [-0.2, -0.15) is 0 Å². The standard InChI is InChI=1S/C68H47N/c1-5-21-48(22-6-1)49-37-39-50(40-38-49)51-41-43-55(44-42-51)69(66-36-20-14-29-57(66)52-23-7-2-8-24-52)56-45-46-59-58-30-13-15-31-60(58)68(65(59)47-56)63-34-18-16-32-61(63)67(53-25-9-3-10-26-53,54-27-11-4-12-28-54)62-33-17-19-35-64(62)68/h1-47H. The normalized spacial score (nSPS) is 13.4. The maximum Gasteiger partial charge on any atom is 0.0720 e. The first kappa shape index (κ1) is 40.5. The molecule has 1 heteroatoms. The first-order valence-corrected chi connectivity index (χ1v) is 24.0. The third kappa shape index (κ3) is 6.24. The van der Waals surface area contributed by atoms with Crippen molar-refractivity contribution in [2.24, 2.45) is 0 Å². The zero-order valence-electron chi connectivity index (χ0n) is 38.1. The third-order valence-corrected chi connectivity index (χ3v) is 14.9. The van der Waals surface area contributed by atoms with Gasteiger partial charge in [0.1, 0.15) is 0 Å². The summed E-state index contributed by atoms with van der Waals surface area (Å²) >= 11 is 0. The lowest BCUT2D eigenvalue weighted by Crippen LogP contribution is -2.44. The van der Waals surface area contributed by atoms with E-state index < -0.39 is 10.8 Å². The first-order chi connectivity index (χ1) is 34.2. The fraction of sp³-hybridized carbons (Fsp3) is 0.0294. The molecule has 0 bridgehead atoms. The van der Waals surface area contributed by atoms with Crippen LogP contribution in [-0.2, 0) is 10.8 Å². The monoisotopic (exact) mass is 877 g/mol. The molecule has 0 aromatic heterocycles. The van der Waals surface area contributed by atoms with Crippen LogP contribution in [0.15, 0.2) is 285 Å². The average Bonchev–Trinajstić information content (AvgIpc) is 3.72. The van der Waals surface area contributed by atoms with E-state index in [1.165, 1.54) is 89.0 Å². The molecule has 2 aliphatic carbocycles. The van der Waals surface area contributed by atoms with E-state index in [0.29, 0.717) is 0 Å². The molecule has 0 aliphatic heterocycles. The minimum Gasteiger partial charge on any atom is -0.310 e. The van der Waals surface area contributed by atoms with Crippen LogP contribution in [0.5, 0.6) is 0 Å². The van der Waals surface area contributed by atoms with E-state index >= 15 is 0 Å². The minimum atomic E-state index is -0.622. The van der Waals surface area contributed by atoms with Gasteiger partial charge in [-0.1, -0.05) is 255 Å². The van der Waals surface area contributed by atoms with Crippen molar-refractivity contribution < 1.29 is 0 Å². The number of hydrogen-bond acceptors (Lipinski definition) is 1. The summed E-state index contributed by atoms with van der Waals surface area (Å²) in [6, 6.07) is 106. The summed E-state index contributed by atoms with van der Waals surface area (Å²) in [5, 5.41) is 0. The van der Waals surface area contributed by atoms with E-state index in [4.69, 9.17) is 0 Å². The average molecular weight is 878 g/mol. The van der Waals surface area contributed by atoms with Crippen molar-refractivity contribution in [2.75, 3.05) is 4.90 Å². The molecule has 13 rings (SSSR count). The fourth-order valence-corrected chi connectivity index (χ4v) is 12.0. The lowest BCUT2D eigenvalue weighted by molar-refractivity contribution is 0.623. The molecular weight excluding hydrogens is 831 g/mol. The molecule has 1 spiro atoms. The smallest absolute Gasteiger partial charge is 0.0720 e. The third-order valence-electron chi connectivity index (χ3n) is 14.9. The zero-order valence-corrected chi connectivity index (χ0v) is 38.1. The summed E-state index contributed by atoms with van der Waals surface area (Å²) < 4.78 is 0. The number of para-hydroxylation sites is 1. The zero-order chi connectivity index (χ0) is 45.8. The van der Waals surface area contributed by atoms with Crippen molar-refractivity contribution >= 4 is 17.1 Å². The molecule has 324 valence electrons. The van der Waals surface area contributed by atoms with Crippen molar-refractivity contribution in [1.29, 1.82) is 0 Å². The molecule has 11 aromatic carbocycles. The Morgan fingerprint density at radius 3 is 1.12 bits per heavy atom. The predicted molar refractivity (Wildman–Crippen MR) is 287 cm³/mol. The van der Waals surface area contributed by atoms with E-state index in [-0.39, 0.29) is 0 Å². The summed E-state index contributed by atoms with van der Waals surface area (Å²) in [6.45, 7) is 0. The van der Waals surface area contributed by atoms with E-state index in [1.54, 1.807) is 0 Å². The van der Waals surface area contributed by atoms with Gasteiger partial charge in [0.2, 0.25) is 0 Å². The van der Waals surface area contributed by atoms with Crippen LogP contribution in [0.3, 0.4) is 0 Å². The molecule has 0 heterocycles. The summed E-state index contributed by atoms with van der Waals surface area (Å²) in [5.74, 6) is 0. The number of nitrogens with zero attached hydrogens (tertiary/aromatic N) is 1. The van der Waals surface area contributed by atoms with Gasteiger partial charge in [0.05, 0.1) is 16.5 Å². The topological polar surface area (TPSA) is 3.24 Å².